The van der Waals surface area contributed by atoms with Crippen molar-refractivity contribution in [3.05, 3.63) is 64.2 Å². The molecule has 2 aromatic rings. The number of carbonyl (C=O) groups is 3. The number of alkyl carbamates (subject to hydrolysis) is 1. The fourth-order valence-corrected chi connectivity index (χ4v) is 4.12. The molecule has 190 valence electrons. The zero-order valence-electron chi connectivity index (χ0n) is 21.9. The van der Waals surface area contributed by atoms with Gasteiger partial charge in [0.25, 0.3) is 5.91 Å². The molecule has 3 amide bonds. The Kier molecular flexibility index (Phi) is 9.38. The molecule has 7 nitrogen and oxygen atoms in total. The first kappa shape index (κ1) is 28.2. The van der Waals surface area contributed by atoms with Gasteiger partial charge in [0.1, 0.15) is 17.7 Å². The third-order valence-electron chi connectivity index (χ3n) is 5.60. The lowest BCUT2D eigenvalue weighted by Gasteiger charge is -2.32. The molecule has 0 aliphatic heterocycles. The second-order valence-electron chi connectivity index (χ2n) is 9.85. The van der Waals surface area contributed by atoms with E-state index in [0.717, 1.165) is 22.3 Å². The smallest absolute Gasteiger partial charge is 0.408 e. The molecule has 0 saturated carbocycles. The van der Waals surface area contributed by atoms with Gasteiger partial charge in [0.2, 0.25) is 5.91 Å². The Morgan fingerprint density at radius 2 is 1.60 bits per heavy atom. The minimum Gasteiger partial charge on any atom is -0.444 e. The van der Waals surface area contributed by atoms with Crippen LogP contribution in [0.3, 0.4) is 0 Å². The Morgan fingerprint density at radius 3 is 2.11 bits per heavy atom. The number of rotatable bonds is 7. The lowest BCUT2D eigenvalue weighted by atomic mass is 9.96. The Hall–Kier alpha value is -3.00. The van der Waals surface area contributed by atoms with Crippen LogP contribution in [-0.2, 0) is 14.3 Å². The summed E-state index contributed by atoms with van der Waals surface area (Å²) < 4.78 is 5.30. The summed E-state index contributed by atoms with van der Waals surface area (Å²) in [5, 5.41) is 5.60. The Labute approximate surface area is 214 Å². The van der Waals surface area contributed by atoms with Crippen LogP contribution in [0.1, 0.15) is 54.6 Å². The maximum Gasteiger partial charge on any atom is 0.408 e. The summed E-state index contributed by atoms with van der Waals surface area (Å²) in [6.45, 7) is 12.9. The number of amides is 3. The first-order chi connectivity index (χ1) is 16.2. The van der Waals surface area contributed by atoms with Crippen molar-refractivity contribution in [3.63, 3.8) is 0 Å². The first-order valence-electron chi connectivity index (χ1n) is 11.6. The summed E-state index contributed by atoms with van der Waals surface area (Å²) in [6.07, 6.45) is -0.721. The zero-order valence-corrected chi connectivity index (χ0v) is 22.7. The molecule has 0 aliphatic rings. The van der Waals surface area contributed by atoms with Gasteiger partial charge in [-0.3, -0.25) is 9.59 Å². The van der Waals surface area contributed by atoms with E-state index in [0.29, 0.717) is 11.3 Å². The molecule has 2 rings (SSSR count). The molecule has 0 radical (unpaired) electrons. The molecule has 2 N–H and O–H groups in total. The molecule has 2 atom stereocenters. The highest BCUT2D eigenvalue weighted by atomic mass is 32.1. The SMILES string of the molecule is Cc1ccc(C(C(=O)Nc2c(C)cccc2C)N(C)C(=O)C(CS)NC(=O)OC(C)(C)C)c(C)c1. The van der Waals surface area contributed by atoms with Gasteiger partial charge in [-0.2, -0.15) is 12.6 Å². The molecule has 2 aromatic carbocycles. The molecule has 0 spiro atoms. The highest BCUT2D eigenvalue weighted by Crippen LogP contribution is 2.28. The van der Waals surface area contributed by atoms with Crippen molar-refractivity contribution in [2.45, 2.75) is 66.2 Å². The van der Waals surface area contributed by atoms with Gasteiger partial charge in [-0.05, 0) is 70.7 Å². The van der Waals surface area contributed by atoms with E-state index >= 15 is 0 Å². The summed E-state index contributed by atoms with van der Waals surface area (Å²) in [7, 11) is 1.56. The monoisotopic (exact) mass is 499 g/mol. The molecular weight excluding hydrogens is 462 g/mol. The highest BCUT2D eigenvalue weighted by Gasteiger charge is 2.34. The molecule has 0 fully saturated rings. The summed E-state index contributed by atoms with van der Waals surface area (Å²) in [4.78, 5) is 40.9. The van der Waals surface area contributed by atoms with Gasteiger partial charge in [-0.25, -0.2) is 4.79 Å². The Balaban J connectivity index is 2.42. The number of hydrogen-bond acceptors (Lipinski definition) is 5. The number of hydrogen-bond donors (Lipinski definition) is 3. The van der Waals surface area contributed by atoms with E-state index in [4.69, 9.17) is 4.74 Å². The van der Waals surface area contributed by atoms with E-state index in [1.165, 1.54) is 4.90 Å². The molecule has 0 saturated heterocycles. The van der Waals surface area contributed by atoms with Crippen LogP contribution in [0.2, 0.25) is 0 Å². The largest absolute Gasteiger partial charge is 0.444 e. The fourth-order valence-electron chi connectivity index (χ4n) is 3.87. The number of anilines is 1. The van der Waals surface area contributed by atoms with Crippen molar-refractivity contribution in [2.24, 2.45) is 0 Å². The van der Waals surface area contributed by atoms with Crippen molar-refractivity contribution in [3.8, 4) is 0 Å². The molecule has 0 aromatic heterocycles. The quantitative estimate of drug-likeness (QED) is 0.474. The average molecular weight is 500 g/mol. The van der Waals surface area contributed by atoms with Gasteiger partial charge in [0, 0.05) is 18.5 Å². The van der Waals surface area contributed by atoms with Gasteiger partial charge in [0.05, 0.1) is 0 Å². The number of benzene rings is 2. The van der Waals surface area contributed by atoms with Crippen LogP contribution < -0.4 is 10.6 Å². The van der Waals surface area contributed by atoms with E-state index in [-0.39, 0.29) is 11.7 Å². The normalized spacial score (nSPS) is 12.9. The van der Waals surface area contributed by atoms with Crippen LogP contribution >= 0.6 is 12.6 Å². The fraction of sp³-hybridized carbons (Fsp3) is 0.444. The molecular formula is C27H37N3O4S. The molecule has 8 heteroatoms. The molecule has 2 unspecified atom stereocenters. The van der Waals surface area contributed by atoms with Crippen molar-refractivity contribution >= 4 is 36.2 Å². The topological polar surface area (TPSA) is 87.7 Å². The van der Waals surface area contributed by atoms with Crippen LogP contribution in [0.5, 0.6) is 0 Å². The number of aryl methyl sites for hydroxylation is 4. The van der Waals surface area contributed by atoms with E-state index in [2.05, 4.69) is 23.3 Å². The lowest BCUT2D eigenvalue weighted by Crippen LogP contribution is -2.52. The molecule has 0 heterocycles. The predicted octanol–water partition coefficient (Wildman–Crippen LogP) is 4.88. The summed E-state index contributed by atoms with van der Waals surface area (Å²) >= 11 is 4.27. The number of para-hydroxylation sites is 1. The van der Waals surface area contributed by atoms with Gasteiger partial charge in [0.15, 0.2) is 0 Å². The number of thiol groups is 1. The molecule has 0 aliphatic carbocycles. The van der Waals surface area contributed by atoms with Crippen molar-refractivity contribution < 1.29 is 19.1 Å². The maximum atomic E-state index is 13.7. The van der Waals surface area contributed by atoms with E-state index in [1.54, 1.807) is 27.8 Å². The number of nitrogens with one attached hydrogen (secondary N) is 2. The zero-order chi connectivity index (χ0) is 26.5. The van der Waals surface area contributed by atoms with E-state index in [9.17, 15) is 14.4 Å². The third-order valence-corrected chi connectivity index (χ3v) is 5.97. The Morgan fingerprint density at radius 1 is 1.00 bits per heavy atom. The standard InChI is InChI=1S/C27H37N3O4S/c1-16-12-13-20(19(4)14-16)23(24(31)29-22-17(2)10-9-11-18(22)3)30(8)25(32)21(15-35)28-26(33)34-27(5,6)7/h9-14,21,23,35H,15H2,1-8H3,(H,28,33)(H,29,31). The number of ether oxygens (including phenoxy) is 1. The molecule has 35 heavy (non-hydrogen) atoms. The summed E-state index contributed by atoms with van der Waals surface area (Å²) in [6, 6.07) is 9.62. The summed E-state index contributed by atoms with van der Waals surface area (Å²) in [5.41, 5.74) is 4.48. The average Bonchev–Trinajstić information content (AvgIpc) is 2.74. The highest BCUT2D eigenvalue weighted by molar-refractivity contribution is 7.80. The number of nitrogens with zero attached hydrogens (tertiary/aromatic N) is 1. The van der Waals surface area contributed by atoms with Gasteiger partial charge in [-0.15, -0.1) is 0 Å². The second kappa shape index (κ2) is 11.6. The van der Waals surface area contributed by atoms with Crippen LogP contribution in [0, 0.1) is 27.7 Å². The van der Waals surface area contributed by atoms with Crippen LogP contribution in [-0.4, -0.2) is 47.3 Å². The minimum atomic E-state index is -0.973. The summed E-state index contributed by atoms with van der Waals surface area (Å²) in [5.74, 6) is -0.756. The molecule has 0 bridgehead atoms. The van der Waals surface area contributed by atoms with Crippen molar-refractivity contribution in [1.82, 2.24) is 10.2 Å². The van der Waals surface area contributed by atoms with Crippen LogP contribution in [0.4, 0.5) is 10.5 Å². The van der Waals surface area contributed by atoms with Crippen molar-refractivity contribution in [1.29, 1.82) is 0 Å². The van der Waals surface area contributed by atoms with E-state index < -0.39 is 29.7 Å². The minimum absolute atomic E-state index is 0.0422. The first-order valence-corrected chi connectivity index (χ1v) is 12.2. The predicted molar refractivity (Wildman–Crippen MR) is 143 cm³/mol. The van der Waals surface area contributed by atoms with Crippen molar-refractivity contribution in [2.75, 3.05) is 18.1 Å². The van der Waals surface area contributed by atoms with Gasteiger partial charge < -0.3 is 20.3 Å². The van der Waals surface area contributed by atoms with Gasteiger partial charge >= 0.3 is 6.09 Å². The number of likely N-dealkylation sites (N-methyl/N-ethyl adjacent to an activating group) is 1. The second-order valence-corrected chi connectivity index (χ2v) is 10.2. The van der Waals surface area contributed by atoms with Crippen LogP contribution in [0.15, 0.2) is 36.4 Å². The maximum absolute atomic E-state index is 13.7. The van der Waals surface area contributed by atoms with Gasteiger partial charge in [-0.1, -0.05) is 42.0 Å². The number of carbonyl (C=O) groups excluding carboxylic acids is 3. The lowest BCUT2D eigenvalue weighted by molar-refractivity contribution is -0.138. The Bertz CT molecular complexity index is 1070. The van der Waals surface area contributed by atoms with E-state index in [1.807, 2.05) is 64.1 Å². The third kappa shape index (κ3) is 7.49. The van der Waals surface area contributed by atoms with Crippen LogP contribution in [0.25, 0.3) is 0 Å².